The number of rotatable bonds is 3. The van der Waals surface area contributed by atoms with Gasteiger partial charge < -0.3 is 4.34 Å². The number of hydrogen-bond donors (Lipinski definition) is 0. The molecule has 1 aliphatic rings. The van der Waals surface area contributed by atoms with Gasteiger partial charge in [-0.25, -0.2) is 0 Å². The lowest BCUT2D eigenvalue weighted by atomic mass is 10.2. The Morgan fingerprint density at radius 3 is 1.87 bits per heavy atom. The summed E-state index contributed by atoms with van der Waals surface area (Å²) in [6.45, 7) is 9.11. The van der Waals surface area contributed by atoms with Crippen molar-refractivity contribution in [3.63, 3.8) is 0 Å². The zero-order valence-electron chi connectivity index (χ0n) is 9.77. The first-order chi connectivity index (χ1) is 7.00. The standard InChI is InChI=1S/C10H18N2OSi2/c1-14(2)12(15(3)4)11-9-5-7-10(13)8-6-9/h5-8,14-15H,1-4H3. The minimum Gasteiger partial charge on any atom is -0.355 e. The van der Waals surface area contributed by atoms with E-state index in [1.54, 1.807) is 24.3 Å². The molecule has 0 aliphatic heterocycles. The number of ketones is 1. The molecule has 0 radical (unpaired) electrons. The fraction of sp³-hybridized carbons (Fsp3) is 0.400. The Morgan fingerprint density at radius 2 is 1.47 bits per heavy atom. The van der Waals surface area contributed by atoms with Crippen molar-refractivity contribution in [3.8, 4) is 0 Å². The topological polar surface area (TPSA) is 32.7 Å². The van der Waals surface area contributed by atoms with Gasteiger partial charge in [0.1, 0.15) is 17.9 Å². The summed E-state index contributed by atoms with van der Waals surface area (Å²) in [6.07, 6.45) is 6.73. The smallest absolute Gasteiger partial charge is 0.178 e. The van der Waals surface area contributed by atoms with E-state index in [0.717, 1.165) is 5.71 Å². The fourth-order valence-electron chi connectivity index (χ4n) is 1.47. The molecule has 1 rings (SSSR count). The lowest BCUT2D eigenvalue weighted by Gasteiger charge is -2.27. The van der Waals surface area contributed by atoms with Gasteiger partial charge in [0.25, 0.3) is 0 Å². The van der Waals surface area contributed by atoms with E-state index in [4.69, 9.17) is 0 Å². The minimum absolute atomic E-state index is 0.0454. The molecule has 1 aliphatic carbocycles. The molecule has 0 saturated carbocycles. The van der Waals surface area contributed by atoms with Gasteiger partial charge in [0.2, 0.25) is 0 Å². The molecule has 0 fully saturated rings. The average Bonchev–Trinajstić information content (AvgIpc) is 2.15. The van der Waals surface area contributed by atoms with E-state index in [0.29, 0.717) is 0 Å². The quantitative estimate of drug-likeness (QED) is 0.422. The van der Waals surface area contributed by atoms with Gasteiger partial charge in [-0.05, 0) is 24.3 Å². The third kappa shape index (κ3) is 3.60. The van der Waals surface area contributed by atoms with Gasteiger partial charge in [-0.1, -0.05) is 26.2 Å². The van der Waals surface area contributed by atoms with E-state index >= 15 is 0 Å². The van der Waals surface area contributed by atoms with Crippen molar-refractivity contribution in [1.82, 2.24) is 4.34 Å². The summed E-state index contributed by atoms with van der Waals surface area (Å²) in [6, 6.07) is 0. The summed E-state index contributed by atoms with van der Waals surface area (Å²) in [5.41, 5.74) is 0.900. The van der Waals surface area contributed by atoms with Crippen molar-refractivity contribution < 1.29 is 4.79 Å². The first-order valence-electron chi connectivity index (χ1n) is 5.27. The van der Waals surface area contributed by atoms with Crippen LogP contribution in [-0.2, 0) is 4.79 Å². The molecule has 0 saturated heterocycles. The van der Waals surface area contributed by atoms with Crippen LogP contribution in [0.1, 0.15) is 0 Å². The van der Waals surface area contributed by atoms with Crippen LogP contribution in [0.25, 0.3) is 0 Å². The molecule has 5 heteroatoms. The number of hydrazone groups is 1. The Morgan fingerprint density at radius 1 is 1.00 bits per heavy atom. The maximum atomic E-state index is 10.9. The van der Waals surface area contributed by atoms with E-state index in [1.807, 2.05) is 0 Å². The number of nitrogens with zero attached hydrogens (tertiary/aromatic N) is 2. The molecule has 3 nitrogen and oxygen atoms in total. The maximum absolute atomic E-state index is 10.9. The van der Waals surface area contributed by atoms with Crippen molar-refractivity contribution in [2.75, 3.05) is 0 Å². The van der Waals surface area contributed by atoms with Crippen LogP contribution in [0.4, 0.5) is 0 Å². The summed E-state index contributed by atoms with van der Waals surface area (Å²) < 4.78 is 2.31. The third-order valence-corrected chi connectivity index (χ3v) is 8.05. The van der Waals surface area contributed by atoms with Crippen molar-refractivity contribution >= 4 is 29.4 Å². The minimum atomic E-state index is -0.875. The van der Waals surface area contributed by atoms with Gasteiger partial charge in [-0.3, -0.25) is 4.79 Å². The monoisotopic (exact) mass is 238 g/mol. The second-order valence-electron chi connectivity index (χ2n) is 4.16. The van der Waals surface area contributed by atoms with E-state index < -0.39 is 17.9 Å². The summed E-state index contributed by atoms with van der Waals surface area (Å²) in [5, 5.41) is 4.62. The molecule has 82 valence electrons. The Kier molecular flexibility index (Phi) is 4.22. The number of allylic oxidation sites excluding steroid dienone is 4. The van der Waals surface area contributed by atoms with Gasteiger partial charge in [-0.15, -0.1) is 0 Å². The van der Waals surface area contributed by atoms with Crippen LogP contribution in [0.15, 0.2) is 29.4 Å². The Hall–Kier alpha value is -0.946. The maximum Gasteiger partial charge on any atom is 0.178 e. The van der Waals surface area contributed by atoms with Crippen LogP contribution in [0.5, 0.6) is 0 Å². The highest BCUT2D eigenvalue weighted by Gasteiger charge is 2.13. The molecular weight excluding hydrogens is 220 g/mol. The predicted octanol–water partition coefficient (Wildman–Crippen LogP) is 1.31. The number of hydrogen-bond acceptors (Lipinski definition) is 3. The molecule has 0 amide bonds. The molecule has 0 atom stereocenters. The molecular formula is C10H18N2OSi2. The first kappa shape index (κ1) is 12.1. The van der Waals surface area contributed by atoms with Gasteiger partial charge >= 0.3 is 0 Å². The van der Waals surface area contributed by atoms with Crippen LogP contribution < -0.4 is 0 Å². The molecule has 0 spiro atoms. The zero-order chi connectivity index (χ0) is 11.4. The lowest BCUT2D eigenvalue weighted by Crippen LogP contribution is -2.39. The molecule has 0 aromatic carbocycles. The van der Waals surface area contributed by atoms with Gasteiger partial charge in [-0.2, -0.15) is 5.10 Å². The van der Waals surface area contributed by atoms with Crippen molar-refractivity contribution in [3.05, 3.63) is 24.3 Å². The Labute approximate surface area is 94.5 Å². The highest BCUT2D eigenvalue weighted by atomic mass is 28.3. The second kappa shape index (κ2) is 5.22. The van der Waals surface area contributed by atoms with Gasteiger partial charge in [0, 0.05) is 0 Å². The largest absolute Gasteiger partial charge is 0.355 e. The molecule has 0 heterocycles. The van der Waals surface area contributed by atoms with Crippen molar-refractivity contribution in [2.24, 2.45) is 5.10 Å². The predicted molar refractivity (Wildman–Crippen MR) is 70.3 cm³/mol. The Balaban J connectivity index is 2.81. The van der Waals surface area contributed by atoms with Gasteiger partial charge in [0.15, 0.2) is 5.78 Å². The van der Waals surface area contributed by atoms with Crippen LogP contribution in [-0.4, -0.2) is 33.8 Å². The van der Waals surface area contributed by atoms with Crippen LogP contribution in [0, 0.1) is 0 Å². The molecule has 0 aromatic heterocycles. The number of carbonyl (C=O) groups excluding carboxylic acids is 1. The molecule has 0 unspecified atom stereocenters. The fourth-order valence-corrected chi connectivity index (χ4v) is 6.97. The SMILES string of the molecule is C[SiH](C)N(N=C1C=CC(=O)C=C1)[SiH](C)C. The second-order valence-corrected chi connectivity index (χ2v) is 10.2. The highest BCUT2D eigenvalue weighted by Crippen LogP contribution is 2.04. The normalized spacial score (nSPS) is 15.3. The Bertz CT molecular complexity index is 306. The summed E-state index contributed by atoms with van der Waals surface area (Å²) >= 11 is 0. The van der Waals surface area contributed by atoms with E-state index in [-0.39, 0.29) is 5.78 Å². The van der Waals surface area contributed by atoms with E-state index in [1.165, 1.54) is 0 Å². The first-order valence-corrected chi connectivity index (χ1v) is 10.9. The lowest BCUT2D eigenvalue weighted by molar-refractivity contribution is -0.110. The average molecular weight is 238 g/mol. The van der Waals surface area contributed by atoms with Crippen LogP contribution in [0.3, 0.4) is 0 Å². The summed E-state index contributed by atoms with van der Waals surface area (Å²) in [7, 11) is -1.75. The summed E-state index contributed by atoms with van der Waals surface area (Å²) in [5.74, 6) is 0.0454. The molecule has 0 aromatic rings. The van der Waals surface area contributed by atoms with Gasteiger partial charge in [0.05, 0.1) is 5.71 Å². The van der Waals surface area contributed by atoms with E-state index in [2.05, 4.69) is 35.6 Å². The zero-order valence-corrected chi connectivity index (χ0v) is 12.1. The molecule has 0 bridgehead atoms. The molecule has 0 N–H and O–H groups in total. The van der Waals surface area contributed by atoms with Crippen molar-refractivity contribution in [1.29, 1.82) is 0 Å². The van der Waals surface area contributed by atoms with Crippen molar-refractivity contribution in [2.45, 2.75) is 26.2 Å². The number of carbonyl (C=O) groups is 1. The van der Waals surface area contributed by atoms with Crippen LogP contribution in [0.2, 0.25) is 26.2 Å². The third-order valence-electron chi connectivity index (χ3n) is 2.13. The van der Waals surface area contributed by atoms with Crippen LogP contribution >= 0.6 is 0 Å². The molecule has 15 heavy (non-hydrogen) atoms. The highest BCUT2D eigenvalue weighted by molar-refractivity contribution is 6.69. The summed E-state index contributed by atoms with van der Waals surface area (Å²) in [4.78, 5) is 10.9. The van der Waals surface area contributed by atoms with E-state index in [9.17, 15) is 4.79 Å².